The first-order chi connectivity index (χ1) is 15.7. The lowest BCUT2D eigenvalue weighted by Gasteiger charge is -2.53. The van der Waals surface area contributed by atoms with Crippen molar-refractivity contribution < 1.29 is 9.90 Å². The van der Waals surface area contributed by atoms with Crippen molar-refractivity contribution in [3.63, 3.8) is 0 Å². The van der Waals surface area contributed by atoms with E-state index >= 15 is 0 Å². The highest BCUT2D eigenvalue weighted by Gasteiger charge is 2.48. The van der Waals surface area contributed by atoms with Gasteiger partial charge in [0.05, 0.1) is 6.04 Å². The molecule has 0 radical (unpaired) electrons. The van der Waals surface area contributed by atoms with Gasteiger partial charge in [0.1, 0.15) is 6.09 Å². The molecule has 4 aliphatic rings. The number of hydrogen-bond acceptors (Lipinski definition) is 3. The molecule has 4 nitrogen and oxygen atoms in total. The van der Waals surface area contributed by atoms with E-state index in [1.807, 2.05) is 0 Å². The van der Waals surface area contributed by atoms with Crippen LogP contribution < -0.4 is 5.11 Å². The van der Waals surface area contributed by atoms with Crippen LogP contribution in [-0.2, 0) is 6.42 Å². The molecule has 0 saturated carbocycles. The number of hydrogen-bond donors (Lipinski definition) is 0. The molecule has 2 bridgehead atoms. The number of nitrogens with zero attached hydrogens (tertiary/aromatic N) is 2. The molecule has 0 unspecified atom stereocenters. The summed E-state index contributed by atoms with van der Waals surface area (Å²) in [6.45, 7) is 14.1. The zero-order valence-electron chi connectivity index (χ0n) is 20.7. The molecule has 3 fully saturated rings. The summed E-state index contributed by atoms with van der Waals surface area (Å²) >= 11 is 0. The largest absolute Gasteiger partial charge is 0.530 e. The van der Waals surface area contributed by atoms with Crippen molar-refractivity contribution in [2.75, 3.05) is 19.6 Å². The third-order valence-electron chi connectivity index (χ3n) is 8.52. The van der Waals surface area contributed by atoms with E-state index in [0.29, 0.717) is 11.8 Å². The van der Waals surface area contributed by atoms with Crippen LogP contribution in [0.1, 0.15) is 74.8 Å². The SMILES string of the molecule is Cc1cc2c(cc1-c1ccc(C(C)C)cc1)CC(C)(C)[C@H]2N(C(=O)[O-])[C@@H]1CN2CCC1CC2. The van der Waals surface area contributed by atoms with Crippen LogP contribution in [0.3, 0.4) is 0 Å². The molecule has 2 atom stereocenters. The summed E-state index contributed by atoms with van der Waals surface area (Å²) in [4.78, 5) is 16.8. The van der Waals surface area contributed by atoms with Crippen LogP contribution in [0.25, 0.3) is 11.1 Å². The highest BCUT2D eigenvalue weighted by Crippen LogP contribution is 2.52. The fraction of sp³-hybridized carbons (Fsp3) is 0.552. The zero-order valence-corrected chi connectivity index (χ0v) is 20.7. The molecule has 176 valence electrons. The number of carbonyl (C=O) groups is 1. The fourth-order valence-corrected chi connectivity index (χ4v) is 6.76. The molecule has 1 aliphatic carbocycles. The van der Waals surface area contributed by atoms with Crippen LogP contribution in [-0.4, -0.2) is 41.6 Å². The summed E-state index contributed by atoms with van der Waals surface area (Å²) < 4.78 is 0. The number of benzene rings is 2. The van der Waals surface area contributed by atoms with Crippen molar-refractivity contribution in [3.8, 4) is 11.1 Å². The highest BCUT2D eigenvalue weighted by atomic mass is 16.4. The first kappa shape index (κ1) is 22.5. The number of amides is 1. The summed E-state index contributed by atoms with van der Waals surface area (Å²) in [6.07, 6.45) is 2.07. The summed E-state index contributed by atoms with van der Waals surface area (Å²) in [5.41, 5.74) is 7.34. The van der Waals surface area contributed by atoms with E-state index < -0.39 is 6.09 Å². The first-order valence-corrected chi connectivity index (χ1v) is 12.6. The molecule has 4 heteroatoms. The lowest BCUT2D eigenvalue weighted by molar-refractivity contribution is -0.276. The van der Waals surface area contributed by atoms with E-state index in [9.17, 15) is 9.90 Å². The monoisotopic (exact) mass is 445 g/mol. The lowest BCUT2D eigenvalue weighted by atomic mass is 9.79. The Morgan fingerprint density at radius 3 is 2.33 bits per heavy atom. The molecule has 2 aromatic carbocycles. The molecule has 6 rings (SSSR count). The molecule has 1 amide bonds. The average Bonchev–Trinajstić information content (AvgIpc) is 3.03. The van der Waals surface area contributed by atoms with Gasteiger partial charge in [0.2, 0.25) is 0 Å². The maximum atomic E-state index is 12.6. The van der Waals surface area contributed by atoms with Crippen molar-refractivity contribution in [3.05, 3.63) is 58.7 Å². The van der Waals surface area contributed by atoms with Gasteiger partial charge in [0, 0.05) is 12.6 Å². The minimum absolute atomic E-state index is 0.0382. The van der Waals surface area contributed by atoms with Gasteiger partial charge in [-0.3, -0.25) is 0 Å². The van der Waals surface area contributed by atoms with Crippen molar-refractivity contribution in [1.82, 2.24) is 9.80 Å². The maximum absolute atomic E-state index is 12.6. The van der Waals surface area contributed by atoms with E-state index in [1.54, 1.807) is 4.90 Å². The van der Waals surface area contributed by atoms with Crippen LogP contribution in [0.2, 0.25) is 0 Å². The van der Waals surface area contributed by atoms with Crippen molar-refractivity contribution in [2.24, 2.45) is 11.3 Å². The Hall–Kier alpha value is -2.33. The topological polar surface area (TPSA) is 46.6 Å². The Morgan fingerprint density at radius 2 is 1.79 bits per heavy atom. The normalized spacial score (nSPS) is 27.6. The Morgan fingerprint density at radius 1 is 1.12 bits per heavy atom. The van der Waals surface area contributed by atoms with Crippen LogP contribution in [0.5, 0.6) is 0 Å². The second-order valence-corrected chi connectivity index (χ2v) is 11.6. The number of piperidine rings is 3. The van der Waals surface area contributed by atoms with Crippen molar-refractivity contribution >= 4 is 6.09 Å². The Balaban J connectivity index is 1.53. The van der Waals surface area contributed by atoms with Crippen LogP contribution in [0.4, 0.5) is 4.79 Å². The smallest absolute Gasteiger partial charge is 0.137 e. The van der Waals surface area contributed by atoms with E-state index in [0.717, 1.165) is 38.9 Å². The molecular weight excluding hydrogens is 408 g/mol. The van der Waals surface area contributed by atoms with Gasteiger partial charge in [-0.2, -0.15) is 0 Å². The fourth-order valence-electron chi connectivity index (χ4n) is 6.76. The molecule has 0 N–H and O–H groups in total. The second-order valence-electron chi connectivity index (χ2n) is 11.6. The Kier molecular flexibility index (Phi) is 5.55. The number of fused-ring (bicyclic) bond motifs is 4. The van der Waals surface area contributed by atoms with E-state index in [-0.39, 0.29) is 17.5 Å². The van der Waals surface area contributed by atoms with Gasteiger partial charge in [0.15, 0.2) is 0 Å². The number of aryl methyl sites for hydroxylation is 1. The molecule has 0 aromatic heterocycles. The van der Waals surface area contributed by atoms with Gasteiger partial charge in [-0.1, -0.05) is 64.1 Å². The average molecular weight is 446 g/mol. The molecule has 33 heavy (non-hydrogen) atoms. The predicted octanol–water partition coefficient (Wildman–Crippen LogP) is 5.15. The van der Waals surface area contributed by atoms with E-state index in [2.05, 4.69) is 75.9 Å². The summed E-state index contributed by atoms with van der Waals surface area (Å²) in [7, 11) is 0. The second kappa shape index (κ2) is 8.16. The van der Waals surface area contributed by atoms with Gasteiger partial charge in [-0.15, -0.1) is 0 Å². The van der Waals surface area contributed by atoms with Gasteiger partial charge in [-0.25, -0.2) is 0 Å². The van der Waals surface area contributed by atoms with E-state index in [4.69, 9.17) is 0 Å². The van der Waals surface area contributed by atoms with Gasteiger partial charge < -0.3 is 19.7 Å². The third-order valence-corrected chi connectivity index (χ3v) is 8.52. The minimum atomic E-state index is -1.01. The van der Waals surface area contributed by atoms with Gasteiger partial charge in [-0.05, 0) is 89.9 Å². The summed E-state index contributed by atoms with van der Waals surface area (Å²) in [6, 6.07) is 13.4. The van der Waals surface area contributed by atoms with E-state index in [1.165, 1.54) is 33.4 Å². The molecule has 3 aliphatic heterocycles. The summed E-state index contributed by atoms with van der Waals surface area (Å²) in [5.74, 6) is 0.969. The number of carboxylic acid groups (broad SMARTS) is 1. The molecular formula is C29H37N2O2-. The predicted molar refractivity (Wildman–Crippen MR) is 131 cm³/mol. The van der Waals surface area contributed by atoms with Crippen LogP contribution in [0, 0.1) is 18.3 Å². The van der Waals surface area contributed by atoms with Gasteiger partial charge >= 0.3 is 0 Å². The molecule has 3 saturated heterocycles. The molecule has 0 spiro atoms. The standard InChI is InChI=1S/C29H38N2O2/c1-18(2)20-6-8-21(9-7-20)24-15-23-16-29(4,5)27(25(23)14-19(24)3)31(28(32)33)26-17-30-12-10-22(26)11-13-30/h6-9,14-15,18,22,26-27H,10-13,16-17H2,1-5H3,(H,32,33)/p-1/t26-,27+/m1/s1. The quantitative estimate of drug-likeness (QED) is 0.654. The zero-order chi connectivity index (χ0) is 23.5. The van der Waals surface area contributed by atoms with Crippen LogP contribution in [0.15, 0.2) is 36.4 Å². The minimum Gasteiger partial charge on any atom is -0.530 e. The number of rotatable bonds is 4. The lowest BCUT2D eigenvalue weighted by Crippen LogP contribution is -2.62. The van der Waals surface area contributed by atoms with Gasteiger partial charge in [0.25, 0.3) is 0 Å². The van der Waals surface area contributed by atoms with Crippen molar-refractivity contribution in [2.45, 2.75) is 71.9 Å². The van der Waals surface area contributed by atoms with Crippen molar-refractivity contribution in [1.29, 1.82) is 0 Å². The molecule has 2 aromatic rings. The Bertz CT molecular complexity index is 1050. The Labute approximate surface area is 198 Å². The first-order valence-electron chi connectivity index (χ1n) is 12.6. The highest BCUT2D eigenvalue weighted by molar-refractivity contribution is 5.71. The van der Waals surface area contributed by atoms with Crippen LogP contribution >= 0.6 is 0 Å². The number of carbonyl (C=O) groups excluding carboxylic acids is 1. The third kappa shape index (κ3) is 3.86. The summed E-state index contributed by atoms with van der Waals surface area (Å²) in [5, 5.41) is 12.6. The molecule has 3 heterocycles. The maximum Gasteiger partial charge on any atom is 0.137 e.